The quantitative estimate of drug-likeness (QED) is 0.568. The summed E-state index contributed by atoms with van der Waals surface area (Å²) < 4.78 is 15.5. The van der Waals surface area contributed by atoms with Gasteiger partial charge in [0.2, 0.25) is 0 Å². The number of rotatable bonds is 7. The molecular weight excluding hydrogens is 376 g/mol. The fourth-order valence-corrected chi connectivity index (χ4v) is 3.21. The van der Waals surface area contributed by atoms with E-state index in [2.05, 4.69) is 5.32 Å². The Balaban J connectivity index is 1.82. The van der Waals surface area contributed by atoms with Gasteiger partial charge in [0.25, 0.3) is 5.91 Å². The molecule has 8 nitrogen and oxygen atoms in total. The number of carbonyl (C=O) groups excluding carboxylic acids is 3. The second kappa shape index (κ2) is 7.83. The molecule has 2 aromatic carbocycles. The first kappa shape index (κ1) is 20.2. The lowest BCUT2D eigenvalue weighted by molar-refractivity contribution is -0.130. The fraction of sp³-hybridized carbons (Fsp3) is 0.286. The van der Waals surface area contributed by atoms with E-state index < -0.39 is 23.3 Å². The minimum Gasteiger partial charge on any atom is -0.497 e. The van der Waals surface area contributed by atoms with Gasteiger partial charge in [0.15, 0.2) is 17.3 Å². The fourth-order valence-electron chi connectivity index (χ4n) is 3.21. The Hall–Kier alpha value is -3.55. The summed E-state index contributed by atoms with van der Waals surface area (Å²) >= 11 is 0. The highest BCUT2D eigenvalue weighted by Crippen LogP contribution is 2.31. The molecular formula is C21H22N2O6. The molecule has 1 saturated heterocycles. The number of ether oxygens (including phenoxy) is 3. The van der Waals surface area contributed by atoms with E-state index in [1.54, 1.807) is 50.4 Å². The van der Waals surface area contributed by atoms with Crippen LogP contribution in [0.2, 0.25) is 0 Å². The third-order valence-corrected chi connectivity index (χ3v) is 4.95. The molecule has 0 aromatic heterocycles. The lowest BCUT2D eigenvalue weighted by atomic mass is 9.92. The first-order valence-electron chi connectivity index (χ1n) is 8.88. The zero-order chi connectivity index (χ0) is 21.2. The maximum atomic E-state index is 13.0. The van der Waals surface area contributed by atoms with Crippen molar-refractivity contribution in [3.8, 4) is 17.2 Å². The van der Waals surface area contributed by atoms with Gasteiger partial charge in [-0.3, -0.25) is 14.5 Å². The molecule has 0 bridgehead atoms. The summed E-state index contributed by atoms with van der Waals surface area (Å²) in [4.78, 5) is 39.1. The van der Waals surface area contributed by atoms with Gasteiger partial charge in [-0.05, 0) is 42.8 Å². The van der Waals surface area contributed by atoms with E-state index in [1.807, 2.05) is 0 Å². The van der Waals surface area contributed by atoms with Gasteiger partial charge in [-0.25, -0.2) is 4.79 Å². The van der Waals surface area contributed by atoms with Gasteiger partial charge in [-0.1, -0.05) is 12.1 Å². The van der Waals surface area contributed by atoms with Gasteiger partial charge < -0.3 is 19.5 Å². The van der Waals surface area contributed by atoms with E-state index in [9.17, 15) is 14.4 Å². The van der Waals surface area contributed by atoms with E-state index in [1.165, 1.54) is 20.3 Å². The van der Waals surface area contributed by atoms with Crippen LogP contribution in [-0.2, 0) is 10.3 Å². The number of ketones is 1. The third kappa shape index (κ3) is 3.61. The van der Waals surface area contributed by atoms with Crippen molar-refractivity contribution in [1.82, 2.24) is 10.2 Å². The molecule has 1 aliphatic rings. The molecule has 0 unspecified atom stereocenters. The molecule has 3 rings (SSSR count). The molecule has 1 aliphatic heterocycles. The molecule has 1 N–H and O–H groups in total. The molecule has 2 aromatic rings. The standard InChI is InChI=1S/C21H22N2O6/c1-21(14-6-8-15(27-2)9-7-14)19(25)23(20(26)22-21)12-16(24)13-5-10-17(28-3)18(11-13)29-4/h5-11H,12H2,1-4H3,(H,22,26)/t21-/m1/s1. The van der Waals surface area contributed by atoms with Crippen molar-refractivity contribution in [2.45, 2.75) is 12.5 Å². The number of imide groups is 1. The van der Waals surface area contributed by atoms with Crippen molar-refractivity contribution in [3.05, 3.63) is 53.6 Å². The molecule has 0 spiro atoms. The van der Waals surface area contributed by atoms with Crippen molar-refractivity contribution in [2.75, 3.05) is 27.9 Å². The maximum Gasteiger partial charge on any atom is 0.325 e. The van der Waals surface area contributed by atoms with Crippen LogP contribution in [0.15, 0.2) is 42.5 Å². The molecule has 1 fully saturated rings. The van der Waals surface area contributed by atoms with Crippen molar-refractivity contribution >= 4 is 17.7 Å². The Bertz CT molecular complexity index is 956. The molecule has 1 heterocycles. The molecule has 0 saturated carbocycles. The summed E-state index contributed by atoms with van der Waals surface area (Å²) in [5, 5.41) is 2.68. The molecule has 8 heteroatoms. The Kier molecular flexibility index (Phi) is 5.45. The van der Waals surface area contributed by atoms with Crippen LogP contribution < -0.4 is 19.5 Å². The topological polar surface area (TPSA) is 94.2 Å². The van der Waals surface area contributed by atoms with Crippen molar-refractivity contribution in [3.63, 3.8) is 0 Å². The average molecular weight is 398 g/mol. The molecule has 152 valence electrons. The zero-order valence-corrected chi connectivity index (χ0v) is 16.6. The summed E-state index contributed by atoms with van der Waals surface area (Å²) in [5.74, 6) is 0.606. The van der Waals surface area contributed by atoms with Crippen molar-refractivity contribution in [1.29, 1.82) is 0 Å². The number of methoxy groups -OCH3 is 3. The number of Topliss-reactive ketones (excluding diaryl/α,β-unsaturated/α-hetero) is 1. The highest BCUT2D eigenvalue weighted by atomic mass is 16.5. The average Bonchev–Trinajstić information content (AvgIpc) is 2.97. The normalized spacial score (nSPS) is 18.4. The van der Waals surface area contributed by atoms with Crippen LogP contribution in [0.25, 0.3) is 0 Å². The van der Waals surface area contributed by atoms with E-state index in [4.69, 9.17) is 14.2 Å². The summed E-state index contributed by atoms with van der Waals surface area (Å²) in [7, 11) is 4.50. The van der Waals surface area contributed by atoms with E-state index >= 15 is 0 Å². The smallest absolute Gasteiger partial charge is 0.325 e. The number of nitrogens with zero attached hydrogens (tertiary/aromatic N) is 1. The number of nitrogens with one attached hydrogen (secondary N) is 1. The zero-order valence-electron chi connectivity index (χ0n) is 16.6. The Morgan fingerprint density at radius 2 is 1.62 bits per heavy atom. The number of urea groups is 1. The van der Waals surface area contributed by atoms with Crippen molar-refractivity contribution < 1.29 is 28.6 Å². The molecule has 29 heavy (non-hydrogen) atoms. The molecule has 0 radical (unpaired) electrons. The lowest BCUT2D eigenvalue weighted by Gasteiger charge is -2.22. The third-order valence-electron chi connectivity index (χ3n) is 4.95. The number of amides is 3. The number of hydrogen-bond acceptors (Lipinski definition) is 6. The van der Waals surface area contributed by atoms with Crippen LogP contribution in [0.1, 0.15) is 22.8 Å². The summed E-state index contributed by atoms with van der Waals surface area (Å²) in [6, 6.07) is 10.9. The minimum atomic E-state index is -1.26. The summed E-state index contributed by atoms with van der Waals surface area (Å²) in [5.41, 5.74) is -0.361. The van der Waals surface area contributed by atoms with Crippen LogP contribution >= 0.6 is 0 Å². The predicted molar refractivity (Wildman–Crippen MR) is 104 cm³/mol. The van der Waals surface area contributed by atoms with E-state index in [0.717, 1.165) is 4.90 Å². The SMILES string of the molecule is COc1ccc([C@@]2(C)NC(=O)N(CC(=O)c3ccc(OC)c(OC)c3)C2=O)cc1. The maximum absolute atomic E-state index is 13.0. The van der Waals surface area contributed by atoms with Crippen LogP contribution in [0, 0.1) is 0 Å². The van der Waals surface area contributed by atoms with Gasteiger partial charge in [0, 0.05) is 5.56 Å². The van der Waals surface area contributed by atoms with E-state index in [-0.39, 0.29) is 6.54 Å². The number of benzene rings is 2. The number of carbonyl (C=O) groups is 3. The van der Waals surface area contributed by atoms with Crippen LogP contribution in [0.3, 0.4) is 0 Å². The Morgan fingerprint density at radius 1 is 0.966 bits per heavy atom. The van der Waals surface area contributed by atoms with Crippen LogP contribution in [0.4, 0.5) is 4.79 Å². The molecule has 3 amide bonds. The lowest BCUT2D eigenvalue weighted by Crippen LogP contribution is -2.41. The summed E-state index contributed by atoms with van der Waals surface area (Å²) in [6.07, 6.45) is 0. The Labute approximate surface area is 168 Å². The second-order valence-electron chi connectivity index (χ2n) is 6.67. The van der Waals surface area contributed by atoms with Gasteiger partial charge >= 0.3 is 6.03 Å². The van der Waals surface area contributed by atoms with Gasteiger partial charge in [0.1, 0.15) is 11.3 Å². The predicted octanol–water partition coefficient (Wildman–Crippen LogP) is 2.36. The molecule has 1 atom stereocenters. The van der Waals surface area contributed by atoms with Gasteiger partial charge in [-0.2, -0.15) is 0 Å². The first-order chi connectivity index (χ1) is 13.8. The monoisotopic (exact) mass is 398 g/mol. The van der Waals surface area contributed by atoms with Crippen LogP contribution in [-0.4, -0.2) is 50.5 Å². The second-order valence-corrected chi connectivity index (χ2v) is 6.67. The number of hydrogen-bond donors (Lipinski definition) is 1. The largest absolute Gasteiger partial charge is 0.497 e. The molecule has 0 aliphatic carbocycles. The van der Waals surface area contributed by atoms with Crippen LogP contribution in [0.5, 0.6) is 17.2 Å². The summed E-state index contributed by atoms with van der Waals surface area (Å²) in [6.45, 7) is 1.22. The van der Waals surface area contributed by atoms with Gasteiger partial charge in [0.05, 0.1) is 27.9 Å². The Morgan fingerprint density at radius 3 is 2.21 bits per heavy atom. The first-order valence-corrected chi connectivity index (χ1v) is 8.88. The minimum absolute atomic E-state index is 0.307. The highest BCUT2D eigenvalue weighted by Gasteiger charge is 2.49. The van der Waals surface area contributed by atoms with Crippen molar-refractivity contribution in [2.24, 2.45) is 0 Å². The van der Waals surface area contributed by atoms with E-state index in [0.29, 0.717) is 28.4 Å². The highest BCUT2D eigenvalue weighted by molar-refractivity contribution is 6.11. The van der Waals surface area contributed by atoms with Gasteiger partial charge in [-0.15, -0.1) is 0 Å².